The number of amides is 1. The van der Waals surface area contributed by atoms with E-state index in [9.17, 15) is 22.4 Å². The third kappa shape index (κ3) is 4.87. The van der Waals surface area contributed by atoms with Crippen LogP contribution in [0.3, 0.4) is 0 Å². The molecule has 0 spiro atoms. The molecule has 3 heterocycles. The van der Waals surface area contributed by atoms with Crippen LogP contribution in [0, 0.1) is 12.8 Å². The molecule has 4 rings (SSSR count). The van der Waals surface area contributed by atoms with Gasteiger partial charge in [-0.05, 0) is 32.3 Å². The summed E-state index contributed by atoms with van der Waals surface area (Å²) in [5.41, 5.74) is -1.68. The van der Waals surface area contributed by atoms with Crippen LogP contribution in [0.4, 0.5) is 17.6 Å². The van der Waals surface area contributed by atoms with Crippen molar-refractivity contribution in [2.45, 2.75) is 50.5 Å². The van der Waals surface area contributed by atoms with Gasteiger partial charge in [-0.3, -0.25) is 14.9 Å². The summed E-state index contributed by atoms with van der Waals surface area (Å²) >= 11 is 0. The largest absolute Gasteiger partial charge is 0.484 e. The van der Waals surface area contributed by atoms with Crippen molar-refractivity contribution in [1.29, 1.82) is 0 Å². The van der Waals surface area contributed by atoms with Gasteiger partial charge in [-0.2, -0.15) is 18.3 Å². The van der Waals surface area contributed by atoms with E-state index in [4.69, 9.17) is 9.47 Å². The number of aryl methyl sites for hydroxylation is 1. The van der Waals surface area contributed by atoms with Gasteiger partial charge in [0.25, 0.3) is 5.91 Å². The molecule has 0 unspecified atom stereocenters. The van der Waals surface area contributed by atoms with Crippen LogP contribution in [0.15, 0.2) is 18.3 Å². The van der Waals surface area contributed by atoms with Gasteiger partial charge in [0, 0.05) is 18.0 Å². The molecule has 1 amide bonds. The second kappa shape index (κ2) is 8.02. The lowest BCUT2D eigenvalue weighted by Crippen LogP contribution is -2.45. The monoisotopic (exact) mass is 456 g/mol. The quantitative estimate of drug-likeness (QED) is 0.592. The zero-order chi connectivity index (χ0) is 23.1. The molecule has 174 valence electrons. The van der Waals surface area contributed by atoms with Gasteiger partial charge in [0.05, 0.1) is 30.0 Å². The van der Waals surface area contributed by atoms with Gasteiger partial charge in [0.2, 0.25) is 0 Å². The Morgan fingerprint density at radius 1 is 1.34 bits per heavy atom. The molecule has 2 aromatic heterocycles. The Morgan fingerprint density at radius 2 is 2.06 bits per heavy atom. The van der Waals surface area contributed by atoms with Crippen LogP contribution in [-0.4, -0.2) is 47.1 Å². The number of nitrogens with one attached hydrogen (secondary N) is 2. The Balaban J connectivity index is 1.60. The number of rotatable bonds is 8. The molecule has 1 saturated heterocycles. The van der Waals surface area contributed by atoms with Gasteiger partial charge < -0.3 is 14.8 Å². The number of aromatic amines is 1. The van der Waals surface area contributed by atoms with Crippen LogP contribution in [-0.2, 0) is 15.9 Å². The molecule has 0 bridgehead atoms. The first-order valence-electron chi connectivity index (χ1n) is 10.3. The number of hydrogen-bond acceptors (Lipinski definition) is 5. The number of halogens is 4. The van der Waals surface area contributed by atoms with Gasteiger partial charge >= 0.3 is 6.18 Å². The van der Waals surface area contributed by atoms with E-state index in [1.807, 2.05) is 19.9 Å². The average molecular weight is 456 g/mol. The summed E-state index contributed by atoms with van der Waals surface area (Å²) in [6, 6.07) is 2.88. The van der Waals surface area contributed by atoms with Crippen molar-refractivity contribution in [3.63, 3.8) is 0 Å². The van der Waals surface area contributed by atoms with E-state index in [1.165, 1.54) is 0 Å². The van der Waals surface area contributed by atoms with Crippen molar-refractivity contribution in [3.05, 3.63) is 41.0 Å². The average Bonchev–Trinajstić information content (AvgIpc) is 3.39. The molecule has 2 aromatic rings. The Labute approximate surface area is 181 Å². The zero-order valence-electron chi connectivity index (χ0n) is 17.7. The second-order valence-corrected chi connectivity index (χ2v) is 8.80. The van der Waals surface area contributed by atoms with E-state index in [0.717, 1.165) is 30.8 Å². The van der Waals surface area contributed by atoms with Gasteiger partial charge in [-0.1, -0.05) is 12.8 Å². The number of pyridine rings is 1. The molecular weight excluding hydrogens is 432 g/mol. The van der Waals surface area contributed by atoms with Gasteiger partial charge in [-0.15, -0.1) is 0 Å². The lowest BCUT2D eigenvalue weighted by Gasteiger charge is -2.35. The first-order chi connectivity index (χ1) is 15.0. The summed E-state index contributed by atoms with van der Waals surface area (Å²) in [4.78, 5) is 17.0. The Bertz CT molecular complexity index is 1000. The number of nitrogens with zero attached hydrogens (tertiary/aromatic N) is 2. The number of H-pyrrole nitrogens is 1. The minimum absolute atomic E-state index is 0.173. The first-order valence-corrected chi connectivity index (χ1v) is 10.3. The summed E-state index contributed by atoms with van der Waals surface area (Å²) in [6.07, 6.45) is -0.817. The van der Waals surface area contributed by atoms with Crippen molar-refractivity contribution in [3.8, 4) is 5.75 Å². The number of carbonyl (C=O) groups is 1. The third-order valence-corrected chi connectivity index (χ3v) is 5.69. The Hall–Kier alpha value is -2.69. The molecule has 11 heteroatoms. The highest BCUT2D eigenvalue weighted by atomic mass is 19.4. The molecule has 2 N–H and O–H groups in total. The molecule has 2 fully saturated rings. The van der Waals surface area contributed by atoms with E-state index in [1.54, 1.807) is 0 Å². The molecule has 7 nitrogen and oxygen atoms in total. The smallest absolute Gasteiger partial charge is 0.422 e. The van der Waals surface area contributed by atoms with Crippen LogP contribution in [0.1, 0.15) is 53.6 Å². The molecule has 1 atom stereocenters. The van der Waals surface area contributed by atoms with Gasteiger partial charge in [0.15, 0.2) is 12.3 Å². The summed E-state index contributed by atoms with van der Waals surface area (Å²) in [5, 5.41) is 10.1. The van der Waals surface area contributed by atoms with Crippen LogP contribution in [0.5, 0.6) is 5.75 Å². The van der Waals surface area contributed by atoms with Crippen molar-refractivity contribution >= 4 is 5.91 Å². The van der Waals surface area contributed by atoms with Crippen LogP contribution >= 0.6 is 0 Å². The summed E-state index contributed by atoms with van der Waals surface area (Å²) in [7, 11) is 0. The maximum Gasteiger partial charge on any atom is 0.422 e. The SMILES string of the molecule is Cc1cc([C@@](C)(CC2CC2)NC(=O)c2cc(OCC(F)(F)F)c(C3(F)COC3)cn2)n[nH]1. The normalized spacial score (nSPS) is 19.7. The second-order valence-electron chi connectivity index (χ2n) is 8.80. The van der Waals surface area contributed by atoms with Crippen LogP contribution < -0.4 is 10.1 Å². The highest BCUT2D eigenvalue weighted by Gasteiger charge is 2.44. The van der Waals surface area contributed by atoms with Gasteiger partial charge in [-0.25, -0.2) is 4.39 Å². The maximum absolute atomic E-state index is 14.9. The van der Waals surface area contributed by atoms with Gasteiger partial charge in [0.1, 0.15) is 11.4 Å². The predicted octanol–water partition coefficient (Wildman–Crippen LogP) is 3.69. The van der Waals surface area contributed by atoms with E-state index in [-0.39, 0.29) is 30.2 Å². The number of hydrogen-bond donors (Lipinski definition) is 2. The van der Waals surface area contributed by atoms with Crippen molar-refractivity contribution in [1.82, 2.24) is 20.5 Å². The molecule has 2 aliphatic rings. The standard InChI is InChI=1S/C21H24F4N4O3/c1-12-5-17(29-28-12)19(2,7-13-3-4-13)27-18(30)15-6-16(32-11-21(23,24)25)14(8-26-15)20(22)9-31-10-20/h5-6,8,13H,3-4,7,9-11H2,1-2H3,(H,27,30)(H,28,29)/t19-/m1/s1. The maximum atomic E-state index is 14.9. The summed E-state index contributed by atoms with van der Waals surface area (Å²) < 4.78 is 62.7. The number of carbonyl (C=O) groups excluding carboxylic acids is 1. The highest BCUT2D eigenvalue weighted by Crippen LogP contribution is 2.41. The number of aromatic nitrogens is 3. The van der Waals surface area contributed by atoms with E-state index < -0.39 is 29.9 Å². The van der Waals surface area contributed by atoms with Crippen molar-refractivity contribution in [2.24, 2.45) is 5.92 Å². The third-order valence-electron chi connectivity index (χ3n) is 5.69. The minimum atomic E-state index is -4.62. The predicted molar refractivity (Wildman–Crippen MR) is 105 cm³/mol. The Morgan fingerprint density at radius 3 is 2.59 bits per heavy atom. The van der Waals surface area contributed by atoms with E-state index in [0.29, 0.717) is 18.0 Å². The summed E-state index contributed by atoms with van der Waals surface area (Å²) in [5.74, 6) is -0.550. The molecule has 1 aliphatic carbocycles. The fourth-order valence-corrected chi connectivity index (χ4v) is 3.75. The Kier molecular flexibility index (Phi) is 5.64. The van der Waals surface area contributed by atoms with Crippen LogP contribution in [0.2, 0.25) is 0 Å². The molecule has 1 saturated carbocycles. The lowest BCUT2D eigenvalue weighted by atomic mass is 9.90. The molecule has 1 aliphatic heterocycles. The van der Waals surface area contributed by atoms with E-state index in [2.05, 4.69) is 20.5 Å². The van der Waals surface area contributed by atoms with Crippen molar-refractivity contribution in [2.75, 3.05) is 19.8 Å². The number of ether oxygens (including phenoxy) is 2. The fourth-order valence-electron chi connectivity index (χ4n) is 3.75. The minimum Gasteiger partial charge on any atom is -0.484 e. The van der Waals surface area contributed by atoms with Crippen LogP contribution in [0.25, 0.3) is 0 Å². The highest BCUT2D eigenvalue weighted by molar-refractivity contribution is 5.93. The molecule has 0 radical (unpaired) electrons. The van der Waals surface area contributed by atoms with Crippen molar-refractivity contribution < 1.29 is 31.8 Å². The molecular formula is C21H24F4N4O3. The van der Waals surface area contributed by atoms with E-state index >= 15 is 0 Å². The summed E-state index contributed by atoms with van der Waals surface area (Å²) in [6.45, 7) is 1.43. The molecule has 32 heavy (non-hydrogen) atoms. The molecule has 0 aromatic carbocycles. The first kappa shape index (κ1) is 22.5. The lowest BCUT2D eigenvalue weighted by molar-refractivity contribution is -0.156. The number of alkyl halides is 4. The fraction of sp³-hybridized carbons (Fsp3) is 0.571. The topological polar surface area (TPSA) is 89.1 Å². The zero-order valence-corrected chi connectivity index (χ0v) is 17.7.